The number of carbonyl (C=O) groups excluding carboxylic acids is 2. The fraction of sp³-hybridized carbons (Fsp3) is 0.118. The van der Waals surface area contributed by atoms with Gasteiger partial charge >= 0.3 is 0 Å². The summed E-state index contributed by atoms with van der Waals surface area (Å²) in [5.74, 6) is -0.475. The highest BCUT2D eigenvalue weighted by Gasteiger charge is 2.11. The van der Waals surface area contributed by atoms with Gasteiger partial charge in [-0.05, 0) is 42.8 Å². The number of hydrogen-bond acceptors (Lipinski definition) is 6. The van der Waals surface area contributed by atoms with Crippen molar-refractivity contribution in [2.75, 3.05) is 17.7 Å². The first-order valence-electron chi connectivity index (χ1n) is 7.41. The van der Waals surface area contributed by atoms with Gasteiger partial charge in [0.05, 0.1) is 10.2 Å². The molecule has 0 saturated carbocycles. The van der Waals surface area contributed by atoms with E-state index in [2.05, 4.69) is 10.3 Å². The number of anilines is 2. The van der Waals surface area contributed by atoms with Crippen LogP contribution in [-0.4, -0.2) is 23.4 Å². The van der Waals surface area contributed by atoms with E-state index in [9.17, 15) is 9.59 Å². The molecule has 25 heavy (non-hydrogen) atoms. The summed E-state index contributed by atoms with van der Waals surface area (Å²) in [6.07, 6.45) is 0. The van der Waals surface area contributed by atoms with Crippen molar-refractivity contribution < 1.29 is 14.3 Å². The standard InChI is InChI=1S/C17H16N4O3S/c1-9-5-11(7-13-15(9)21-17(19)25-13)20-16(23)10-3-2-4-12(6-10)24-8-14(18)22/h2-7H,8H2,1H3,(H2,18,22)(H2,19,21)(H,20,23). The summed E-state index contributed by atoms with van der Waals surface area (Å²) in [5, 5.41) is 3.33. The molecular weight excluding hydrogens is 340 g/mol. The molecule has 0 unspecified atom stereocenters. The average molecular weight is 356 g/mol. The van der Waals surface area contributed by atoms with E-state index >= 15 is 0 Å². The summed E-state index contributed by atoms with van der Waals surface area (Å²) >= 11 is 1.37. The number of nitrogens with zero attached hydrogens (tertiary/aromatic N) is 1. The zero-order valence-corrected chi connectivity index (χ0v) is 14.2. The number of aromatic nitrogens is 1. The molecule has 7 nitrogen and oxygen atoms in total. The Morgan fingerprint density at radius 1 is 1.28 bits per heavy atom. The molecule has 0 atom stereocenters. The predicted molar refractivity (Wildman–Crippen MR) is 97.9 cm³/mol. The number of primary amides is 1. The molecule has 0 aliphatic heterocycles. The number of fused-ring (bicyclic) bond motifs is 1. The Morgan fingerprint density at radius 3 is 2.84 bits per heavy atom. The van der Waals surface area contributed by atoms with E-state index < -0.39 is 5.91 Å². The molecule has 0 aliphatic carbocycles. The van der Waals surface area contributed by atoms with Crippen LogP contribution in [0.25, 0.3) is 10.2 Å². The van der Waals surface area contributed by atoms with Gasteiger partial charge in [0.15, 0.2) is 11.7 Å². The van der Waals surface area contributed by atoms with Gasteiger partial charge in [0.2, 0.25) is 0 Å². The van der Waals surface area contributed by atoms with Gasteiger partial charge in [-0.1, -0.05) is 17.4 Å². The van der Waals surface area contributed by atoms with Crippen LogP contribution in [-0.2, 0) is 4.79 Å². The van der Waals surface area contributed by atoms with Crippen LogP contribution in [0, 0.1) is 6.92 Å². The lowest BCUT2D eigenvalue weighted by molar-refractivity contribution is -0.119. The van der Waals surface area contributed by atoms with E-state index in [1.807, 2.05) is 19.1 Å². The first-order chi connectivity index (χ1) is 11.9. The van der Waals surface area contributed by atoms with Gasteiger partial charge in [0.1, 0.15) is 5.75 Å². The Hall–Kier alpha value is -3.13. The molecule has 1 aromatic heterocycles. The third kappa shape index (κ3) is 3.86. The SMILES string of the molecule is Cc1cc(NC(=O)c2cccc(OCC(N)=O)c2)cc2sc(N)nc12. The van der Waals surface area contributed by atoms with E-state index in [0.717, 1.165) is 15.8 Å². The smallest absolute Gasteiger partial charge is 0.255 e. The first-order valence-corrected chi connectivity index (χ1v) is 8.23. The summed E-state index contributed by atoms with van der Waals surface area (Å²) in [6, 6.07) is 10.2. The number of aryl methyl sites for hydroxylation is 1. The van der Waals surface area contributed by atoms with Crippen LogP contribution in [0.4, 0.5) is 10.8 Å². The van der Waals surface area contributed by atoms with Gasteiger partial charge in [0.25, 0.3) is 11.8 Å². The molecule has 8 heteroatoms. The second kappa shape index (κ2) is 6.78. The number of carbonyl (C=O) groups is 2. The molecule has 3 aromatic rings. The largest absolute Gasteiger partial charge is 0.484 e. The van der Waals surface area contributed by atoms with Crippen LogP contribution >= 0.6 is 11.3 Å². The number of amides is 2. The van der Waals surface area contributed by atoms with Crippen molar-refractivity contribution in [1.82, 2.24) is 4.98 Å². The summed E-state index contributed by atoms with van der Waals surface area (Å²) in [5.41, 5.74) is 13.6. The molecule has 0 radical (unpaired) electrons. The molecule has 0 aliphatic rings. The van der Waals surface area contributed by atoms with Gasteiger partial charge in [-0.15, -0.1) is 0 Å². The Balaban J connectivity index is 1.80. The van der Waals surface area contributed by atoms with Crippen molar-refractivity contribution in [2.45, 2.75) is 6.92 Å². The van der Waals surface area contributed by atoms with E-state index in [0.29, 0.717) is 22.1 Å². The van der Waals surface area contributed by atoms with Gasteiger partial charge in [-0.3, -0.25) is 9.59 Å². The zero-order valence-electron chi connectivity index (χ0n) is 13.4. The Bertz CT molecular complexity index is 968. The van der Waals surface area contributed by atoms with Crippen molar-refractivity contribution in [3.63, 3.8) is 0 Å². The van der Waals surface area contributed by atoms with Gasteiger partial charge in [0, 0.05) is 11.3 Å². The molecule has 0 fully saturated rings. The number of nitrogens with two attached hydrogens (primary N) is 2. The highest BCUT2D eigenvalue weighted by Crippen LogP contribution is 2.29. The lowest BCUT2D eigenvalue weighted by Crippen LogP contribution is -2.20. The molecule has 0 saturated heterocycles. The average Bonchev–Trinajstić information content (AvgIpc) is 2.94. The Labute approximate surface area is 147 Å². The molecule has 1 heterocycles. The maximum Gasteiger partial charge on any atom is 0.255 e. The maximum atomic E-state index is 12.5. The highest BCUT2D eigenvalue weighted by atomic mass is 32.1. The van der Waals surface area contributed by atoms with Crippen LogP contribution in [0.15, 0.2) is 36.4 Å². The zero-order chi connectivity index (χ0) is 18.0. The minimum absolute atomic E-state index is 0.242. The fourth-order valence-electron chi connectivity index (χ4n) is 2.37. The van der Waals surface area contributed by atoms with Gasteiger partial charge in [-0.25, -0.2) is 4.98 Å². The molecule has 2 amide bonds. The number of ether oxygens (including phenoxy) is 1. The van der Waals surface area contributed by atoms with Gasteiger partial charge in [-0.2, -0.15) is 0 Å². The van der Waals surface area contributed by atoms with Crippen molar-refractivity contribution in [3.05, 3.63) is 47.5 Å². The van der Waals surface area contributed by atoms with E-state index in [-0.39, 0.29) is 12.5 Å². The first kappa shape index (κ1) is 16.7. The fourth-order valence-corrected chi connectivity index (χ4v) is 3.22. The molecule has 3 rings (SSSR count). The lowest BCUT2D eigenvalue weighted by Gasteiger charge is -2.08. The van der Waals surface area contributed by atoms with Gasteiger partial charge < -0.3 is 21.5 Å². The second-order valence-corrected chi connectivity index (χ2v) is 6.49. The third-order valence-corrected chi connectivity index (χ3v) is 4.27. The number of nitrogens with one attached hydrogen (secondary N) is 1. The van der Waals surface area contributed by atoms with Crippen LogP contribution in [0.1, 0.15) is 15.9 Å². The number of nitrogen functional groups attached to an aromatic ring is 1. The second-order valence-electron chi connectivity index (χ2n) is 5.43. The molecule has 0 bridgehead atoms. The predicted octanol–water partition coefficient (Wildman–Crippen LogP) is 2.30. The molecule has 2 aromatic carbocycles. The van der Waals surface area contributed by atoms with Crippen molar-refractivity contribution in [2.24, 2.45) is 5.73 Å². The van der Waals surface area contributed by atoms with Crippen molar-refractivity contribution in [1.29, 1.82) is 0 Å². The van der Waals surface area contributed by atoms with Crippen LogP contribution in [0.3, 0.4) is 0 Å². The maximum absolute atomic E-state index is 12.5. The summed E-state index contributed by atoms with van der Waals surface area (Å²) in [6.45, 7) is 1.67. The minimum atomic E-state index is -0.581. The monoisotopic (exact) mass is 356 g/mol. The topological polar surface area (TPSA) is 120 Å². The quantitative estimate of drug-likeness (QED) is 0.648. The lowest BCUT2D eigenvalue weighted by atomic mass is 10.1. The van der Waals surface area contributed by atoms with Crippen LogP contribution < -0.4 is 21.5 Å². The summed E-state index contributed by atoms with van der Waals surface area (Å²) < 4.78 is 6.12. The van der Waals surface area contributed by atoms with Crippen molar-refractivity contribution in [3.8, 4) is 5.75 Å². The minimum Gasteiger partial charge on any atom is -0.484 e. The van der Waals surface area contributed by atoms with E-state index in [4.69, 9.17) is 16.2 Å². The van der Waals surface area contributed by atoms with Crippen LogP contribution in [0.2, 0.25) is 0 Å². The molecule has 128 valence electrons. The number of benzene rings is 2. The third-order valence-electron chi connectivity index (χ3n) is 3.44. The summed E-state index contributed by atoms with van der Waals surface area (Å²) in [7, 11) is 0. The highest BCUT2D eigenvalue weighted by molar-refractivity contribution is 7.22. The molecule has 5 N–H and O–H groups in total. The Kier molecular flexibility index (Phi) is 4.53. The molecular formula is C17H16N4O3S. The Morgan fingerprint density at radius 2 is 2.08 bits per heavy atom. The molecule has 0 spiro atoms. The van der Waals surface area contributed by atoms with E-state index in [1.54, 1.807) is 24.3 Å². The number of rotatable bonds is 5. The van der Waals surface area contributed by atoms with Crippen molar-refractivity contribution >= 4 is 44.2 Å². The van der Waals surface area contributed by atoms with Crippen LogP contribution in [0.5, 0.6) is 5.75 Å². The van der Waals surface area contributed by atoms with E-state index in [1.165, 1.54) is 11.3 Å². The normalized spacial score (nSPS) is 10.6. The number of hydrogen-bond donors (Lipinski definition) is 3. The summed E-state index contributed by atoms with van der Waals surface area (Å²) in [4.78, 5) is 27.5. The number of thiazole rings is 1.